The van der Waals surface area contributed by atoms with Gasteiger partial charge in [-0.2, -0.15) is 0 Å². The minimum Gasteiger partial charge on any atom is -0.478 e. The first-order valence-corrected chi connectivity index (χ1v) is 10.1. The number of benzene rings is 1. The first-order chi connectivity index (χ1) is 14.0. The van der Waals surface area contributed by atoms with E-state index in [1.165, 1.54) is 11.3 Å². The second-order valence-electron chi connectivity index (χ2n) is 5.71. The fourth-order valence-corrected chi connectivity index (χ4v) is 3.83. The van der Waals surface area contributed by atoms with E-state index in [1.54, 1.807) is 52.5 Å². The number of amides is 1. The number of halogens is 1. The summed E-state index contributed by atoms with van der Waals surface area (Å²) in [7, 11) is 0. The molecule has 3 heterocycles. The van der Waals surface area contributed by atoms with Crippen LogP contribution in [0.2, 0.25) is 5.02 Å². The second-order valence-corrected chi connectivity index (χ2v) is 7.03. The largest absolute Gasteiger partial charge is 0.478 e. The Bertz CT molecular complexity index is 1130. The van der Waals surface area contributed by atoms with Gasteiger partial charge in [0.2, 0.25) is 0 Å². The zero-order valence-electron chi connectivity index (χ0n) is 15.7. The van der Waals surface area contributed by atoms with Crippen molar-refractivity contribution in [2.24, 2.45) is 0 Å². The zero-order valence-corrected chi connectivity index (χ0v) is 17.3. The maximum Gasteiger partial charge on any atom is 0.339 e. The summed E-state index contributed by atoms with van der Waals surface area (Å²) in [5.41, 5.74) is 1.83. The molecule has 0 fully saturated rings. The number of hydrogen-bond acceptors (Lipinski definition) is 4. The maximum absolute atomic E-state index is 12.6. The van der Waals surface area contributed by atoms with E-state index in [-0.39, 0.29) is 16.9 Å². The minimum absolute atomic E-state index is 0.0411. The lowest BCUT2D eigenvalue weighted by Gasteiger charge is -2.05. The van der Waals surface area contributed by atoms with Crippen LogP contribution in [0.1, 0.15) is 34.7 Å². The number of anilines is 1. The summed E-state index contributed by atoms with van der Waals surface area (Å²) >= 11 is 7.14. The van der Waals surface area contributed by atoms with Gasteiger partial charge in [0.1, 0.15) is 16.9 Å². The third-order valence-corrected chi connectivity index (χ3v) is 5.24. The van der Waals surface area contributed by atoms with Crippen LogP contribution in [-0.2, 0) is 0 Å². The van der Waals surface area contributed by atoms with Crippen LogP contribution in [-0.4, -0.2) is 26.4 Å². The lowest BCUT2D eigenvalue weighted by atomic mass is 10.1. The number of imidazole rings is 1. The quantitative estimate of drug-likeness (QED) is 0.438. The Kier molecular flexibility index (Phi) is 6.31. The Morgan fingerprint density at radius 3 is 2.52 bits per heavy atom. The van der Waals surface area contributed by atoms with Gasteiger partial charge in [-0.1, -0.05) is 43.6 Å². The molecular weight excluding hydrogens is 410 g/mol. The molecule has 3 aromatic heterocycles. The molecule has 0 saturated heterocycles. The molecule has 0 unspecified atom stereocenters. The van der Waals surface area contributed by atoms with E-state index in [2.05, 4.69) is 10.3 Å². The van der Waals surface area contributed by atoms with Crippen molar-refractivity contribution in [1.82, 2.24) is 9.38 Å². The first kappa shape index (κ1) is 20.6. The molecule has 29 heavy (non-hydrogen) atoms. The van der Waals surface area contributed by atoms with Crippen molar-refractivity contribution < 1.29 is 14.7 Å². The molecule has 0 aliphatic rings. The van der Waals surface area contributed by atoms with E-state index in [0.29, 0.717) is 15.5 Å². The number of nitrogens with one attached hydrogen (secondary N) is 1. The van der Waals surface area contributed by atoms with Crippen molar-refractivity contribution in [3.8, 4) is 10.4 Å². The smallest absolute Gasteiger partial charge is 0.339 e. The fourth-order valence-electron chi connectivity index (χ4n) is 2.71. The number of rotatable bonds is 4. The number of thiophene rings is 1. The van der Waals surface area contributed by atoms with Crippen LogP contribution in [0.25, 0.3) is 16.1 Å². The van der Waals surface area contributed by atoms with Crippen molar-refractivity contribution in [2.45, 2.75) is 13.8 Å². The summed E-state index contributed by atoms with van der Waals surface area (Å²) in [6.45, 7) is 4.00. The number of aromatic nitrogens is 2. The van der Waals surface area contributed by atoms with Gasteiger partial charge in [-0.3, -0.25) is 4.79 Å². The van der Waals surface area contributed by atoms with Crippen molar-refractivity contribution in [3.05, 3.63) is 76.5 Å². The highest BCUT2D eigenvalue weighted by atomic mass is 35.5. The predicted octanol–water partition coefficient (Wildman–Crippen LogP) is 5.69. The number of fused-ring (bicyclic) bond motifs is 1. The minimum atomic E-state index is -1.12. The average Bonchev–Trinajstić information content (AvgIpc) is 3.34. The normalized spacial score (nSPS) is 10.3. The standard InChI is InChI=1S/C19H12ClN3O3S.C2H6/c20-12-6-4-11(5-7-12)17-16(19(25)26)14(10-27-17)22-18(24)13-9-23-8-2-1-3-15(23)21-13;1-2/h1-10H,(H,22,24)(H,25,26);1-2H3. The van der Waals surface area contributed by atoms with Crippen LogP contribution in [0.4, 0.5) is 5.69 Å². The topological polar surface area (TPSA) is 83.7 Å². The van der Waals surface area contributed by atoms with Gasteiger partial charge in [0.05, 0.1) is 10.6 Å². The van der Waals surface area contributed by atoms with E-state index < -0.39 is 11.9 Å². The van der Waals surface area contributed by atoms with E-state index in [9.17, 15) is 14.7 Å². The first-order valence-electron chi connectivity index (χ1n) is 8.89. The third kappa shape index (κ3) is 4.31. The molecule has 8 heteroatoms. The van der Waals surface area contributed by atoms with Crippen molar-refractivity contribution in [1.29, 1.82) is 0 Å². The highest BCUT2D eigenvalue weighted by Crippen LogP contribution is 2.36. The predicted molar refractivity (Wildman–Crippen MR) is 116 cm³/mol. The molecule has 0 aliphatic heterocycles. The Balaban J connectivity index is 0.00000117. The molecule has 148 valence electrons. The van der Waals surface area contributed by atoms with Crippen LogP contribution in [0.3, 0.4) is 0 Å². The molecule has 0 radical (unpaired) electrons. The molecule has 6 nitrogen and oxygen atoms in total. The number of aromatic carboxylic acids is 1. The van der Waals surface area contributed by atoms with Gasteiger partial charge in [0.25, 0.3) is 5.91 Å². The Labute approximate surface area is 176 Å². The molecule has 0 spiro atoms. The number of hydrogen-bond donors (Lipinski definition) is 2. The number of pyridine rings is 1. The monoisotopic (exact) mass is 427 g/mol. The molecule has 1 aromatic carbocycles. The van der Waals surface area contributed by atoms with Crippen molar-refractivity contribution >= 4 is 46.1 Å². The van der Waals surface area contributed by atoms with Crippen molar-refractivity contribution in [2.75, 3.05) is 5.32 Å². The molecular formula is C21H18ClN3O3S. The Morgan fingerprint density at radius 1 is 1.14 bits per heavy atom. The third-order valence-electron chi connectivity index (χ3n) is 3.96. The van der Waals surface area contributed by atoms with E-state index in [4.69, 9.17) is 11.6 Å². The number of carbonyl (C=O) groups excluding carboxylic acids is 1. The van der Waals surface area contributed by atoms with Gasteiger partial charge >= 0.3 is 5.97 Å². The van der Waals surface area contributed by atoms with Crippen LogP contribution in [0.5, 0.6) is 0 Å². The lowest BCUT2D eigenvalue weighted by molar-refractivity contribution is 0.0699. The Hall–Kier alpha value is -3.16. The van der Waals surface area contributed by atoms with Gasteiger partial charge in [-0.15, -0.1) is 11.3 Å². The average molecular weight is 428 g/mol. The number of carboxylic acid groups (broad SMARTS) is 1. The SMILES string of the molecule is CC.O=C(Nc1csc(-c2ccc(Cl)cc2)c1C(=O)O)c1cn2ccccc2n1. The molecule has 0 aliphatic carbocycles. The molecule has 1 amide bonds. The van der Waals surface area contributed by atoms with Crippen LogP contribution < -0.4 is 5.32 Å². The van der Waals surface area contributed by atoms with Crippen LogP contribution in [0, 0.1) is 0 Å². The van der Waals surface area contributed by atoms with Gasteiger partial charge in [-0.25, -0.2) is 9.78 Å². The van der Waals surface area contributed by atoms with Gasteiger partial charge in [0.15, 0.2) is 0 Å². The van der Waals surface area contributed by atoms with E-state index in [0.717, 1.165) is 5.56 Å². The second kappa shape index (κ2) is 8.89. The van der Waals surface area contributed by atoms with Crippen LogP contribution >= 0.6 is 22.9 Å². The van der Waals surface area contributed by atoms with E-state index in [1.807, 2.05) is 26.0 Å². The summed E-state index contributed by atoms with van der Waals surface area (Å²) in [5, 5.41) is 14.5. The molecule has 4 aromatic rings. The van der Waals surface area contributed by atoms with Gasteiger partial charge < -0.3 is 14.8 Å². The highest BCUT2D eigenvalue weighted by molar-refractivity contribution is 7.14. The van der Waals surface area contributed by atoms with Crippen molar-refractivity contribution in [3.63, 3.8) is 0 Å². The summed E-state index contributed by atoms with van der Waals surface area (Å²) in [5.74, 6) is -1.59. The molecule has 0 atom stereocenters. The number of carboxylic acids is 1. The lowest BCUT2D eigenvalue weighted by Crippen LogP contribution is -2.14. The number of carbonyl (C=O) groups is 2. The maximum atomic E-state index is 12.6. The molecule has 0 saturated carbocycles. The molecule has 2 N–H and O–H groups in total. The molecule has 4 rings (SSSR count). The fraction of sp³-hybridized carbons (Fsp3) is 0.0952. The zero-order chi connectivity index (χ0) is 21.0. The van der Waals surface area contributed by atoms with E-state index >= 15 is 0 Å². The van der Waals surface area contributed by atoms with Gasteiger partial charge in [0, 0.05) is 22.8 Å². The Morgan fingerprint density at radius 2 is 1.86 bits per heavy atom. The summed E-state index contributed by atoms with van der Waals surface area (Å²) in [4.78, 5) is 29.2. The summed E-state index contributed by atoms with van der Waals surface area (Å²) < 4.78 is 1.72. The summed E-state index contributed by atoms with van der Waals surface area (Å²) in [6, 6.07) is 12.3. The highest BCUT2D eigenvalue weighted by Gasteiger charge is 2.22. The van der Waals surface area contributed by atoms with Gasteiger partial charge in [-0.05, 0) is 29.8 Å². The van der Waals surface area contributed by atoms with Crippen LogP contribution in [0.15, 0.2) is 60.2 Å². The molecule has 0 bridgehead atoms. The summed E-state index contributed by atoms with van der Waals surface area (Å²) in [6.07, 6.45) is 3.38. The number of nitrogens with zero attached hydrogens (tertiary/aromatic N) is 2.